The van der Waals surface area contributed by atoms with Gasteiger partial charge in [-0.15, -0.1) is 0 Å². The van der Waals surface area contributed by atoms with Gasteiger partial charge in [0.25, 0.3) is 5.91 Å². The predicted molar refractivity (Wildman–Crippen MR) is 45.1 cm³/mol. The van der Waals surface area contributed by atoms with Crippen molar-refractivity contribution in [2.24, 2.45) is 0 Å². The van der Waals surface area contributed by atoms with Crippen LogP contribution in [0.25, 0.3) is 0 Å². The van der Waals surface area contributed by atoms with E-state index in [1.54, 1.807) is 20.9 Å². The molecular weight excluding hydrogens is 158 g/mol. The van der Waals surface area contributed by atoms with Crippen molar-refractivity contribution in [2.45, 2.75) is 26.3 Å². The van der Waals surface area contributed by atoms with E-state index in [1.807, 2.05) is 0 Å². The normalized spacial score (nSPS) is 10.7. The van der Waals surface area contributed by atoms with Crippen LogP contribution in [0.5, 0.6) is 0 Å². The lowest BCUT2D eigenvalue weighted by atomic mass is 10.1. The largest absolute Gasteiger partial charge is 0.342 e. The van der Waals surface area contributed by atoms with Crippen LogP contribution in [0, 0.1) is 0 Å². The molecule has 5 nitrogen and oxygen atoms in total. The Hall–Kier alpha value is -1.10. The molecule has 0 bridgehead atoms. The van der Waals surface area contributed by atoms with E-state index in [9.17, 15) is 9.59 Å². The molecule has 0 aliphatic rings. The fourth-order valence-corrected chi connectivity index (χ4v) is 0.767. The first-order valence-electron chi connectivity index (χ1n) is 3.66. The first-order valence-corrected chi connectivity index (χ1v) is 3.66. The van der Waals surface area contributed by atoms with E-state index in [4.69, 9.17) is 0 Å². The predicted octanol–water partition coefficient (Wildman–Crippen LogP) is -0.848. The zero-order chi connectivity index (χ0) is 9.78. The van der Waals surface area contributed by atoms with Gasteiger partial charge in [0.05, 0.1) is 0 Å². The summed E-state index contributed by atoms with van der Waals surface area (Å²) in [4.78, 5) is 21.9. The van der Waals surface area contributed by atoms with Crippen molar-refractivity contribution in [2.75, 3.05) is 7.05 Å². The Morgan fingerprint density at radius 3 is 2.08 bits per heavy atom. The molecule has 0 unspecified atom stereocenters. The molecule has 0 aromatic heterocycles. The highest BCUT2D eigenvalue weighted by molar-refractivity contribution is 5.89. The number of hydrogen-bond acceptors (Lipinski definition) is 3. The summed E-state index contributed by atoms with van der Waals surface area (Å²) in [7, 11) is 1.59. The second kappa shape index (κ2) is 4.06. The number of carbonyl (C=O) groups is 2. The van der Waals surface area contributed by atoms with Crippen LogP contribution in [0.3, 0.4) is 0 Å². The van der Waals surface area contributed by atoms with Gasteiger partial charge in [-0.05, 0) is 13.8 Å². The minimum Gasteiger partial charge on any atom is -0.342 e. The second-order valence-electron chi connectivity index (χ2n) is 3.01. The van der Waals surface area contributed by atoms with Gasteiger partial charge in [0, 0.05) is 14.0 Å². The molecule has 0 saturated carbocycles. The Labute approximate surface area is 71.9 Å². The average Bonchev–Trinajstić information content (AvgIpc) is 1.85. The molecule has 0 fully saturated rings. The lowest BCUT2D eigenvalue weighted by molar-refractivity contribution is -0.132. The zero-order valence-corrected chi connectivity index (χ0v) is 7.82. The van der Waals surface area contributed by atoms with Crippen LogP contribution in [0.4, 0.5) is 0 Å². The Kier molecular flexibility index (Phi) is 3.69. The number of hydrazine groups is 1. The minimum atomic E-state index is -0.880. The minimum absolute atomic E-state index is 0.230. The summed E-state index contributed by atoms with van der Waals surface area (Å²) in [5, 5.41) is 2.51. The van der Waals surface area contributed by atoms with Crippen LogP contribution in [-0.2, 0) is 9.59 Å². The topological polar surface area (TPSA) is 70.2 Å². The summed E-state index contributed by atoms with van der Waals surface area (Å²) in [6, 6.07) is 0. The van der Waals surface area contributed by atoms with E-state index in [2.05, 4.69) is 16.2 Å². The second-order valence-corrected chi connectivity index (χ2v) is 3.01. The molecule has 12 heavy (non-hydrogen) atoms. The van der Waals surface area contributed by atoms with Gasteiger partial charge >= 0.3 is 0 Å². The molecule has 0 rings (SSSR count). The molecule has 0 aromatic rings. The summed E-state index contributed by atoms with van der Waals surface area (Å²) >= 11 is 0. The van der Waals surface area contributed by atoms with E-state index in [-0.39, 0.29) is 11.8 Å². The van der Waals surface area contributed by atoms with Gasteiger partial charge < -0.3 is 5.32 Å². The molecular formula is C7H15N3O2. The summed E-state index contributed by atoms with van der Waals surface area (Å²) in [5.74, 6) is -0.508. The van der Waals surface area contributed by atoms with Crippen LogP contribution in [0.15, 0.2) is 0 Å². The number of hydrogen-bond donors (Lipinski definition) is 3. The molecule has 0 spiro atoms. The van der Waals surface area contributed by atoms with Crippen LogP contribution < -0.4 is 16.2 Å². The number of carbonyl (C=O) groups excluding carboxylic acids is 2. The fraction of sp³-hybridized carbons (Fsp3) is 0.714. The Morgan fingerprint density at radius 2 is 1.75 bits per heavy atom. The van der Waals surface area contributed by atoms with Gasteiger partial charge in [0.15, 0.2) is 0 Å². The van der Waals surface area contributed by atoms with Gasteiger partial charge in [-0.25, -0.2) is 5.43 Å². The molecule has 2 amide bonds. The molecule has 0 saturated heterocycles. The van der Waals surface area contributed by atoms with E-state index in [0.717, 1.165) is 0 Å². The molecule has 70 valence electrons. The van der Waals surface area contributed by atoms with Crippen molar-refractivity contribution in [3.8, 4) is 0 Å². The summed E-state index contributed by atoms with van der Waals surface area (Å²) in [5.41, 5.74) is 4.00. The lowest BCUT2D eigenvalue weighted by Crippen LogP contribution is -2.56. The van der Waals surface area contributed by atoms with Crippen molar-refractivity contribution < 1.29 is 9.59 Å². The van der Waals surface area contributed by atoms with Gasteiger partial charge in [0.2, 0.25) is 5.91 Å². The SMILES string of the molecule is CNNC(=O)C(C)(C)NC(C)=O. The third-order valence-corrected chi connectivity index (χ3v) is 1.29. The molecule has 5 heteroatoms. The molecule has 0 aromatic carbocycles. The van der Waals surface area contributed by atoms with Crippen molar-refractivity contribution >= 4 is 11.8 Å². The van der Waals surface area contributed by atoms with Crippen LogP contribution in [0.1, 0.15) is 20.8 Å². The molecule has 0 aliphatic heterocycles. The smallest absolute Gasteiger partial charge is 0.259 e. The molecule has 0 aliphatic carbocycles. The monoisotopic (exact) mass is 173 g/mol. The summed E-state index contributed by atoms with van der Waals surface area (Å²) < 4.78 is 0. The Morgan fingerprint density at radius 1 is 1.25 bits per heavy atom. The highest BCUT2D eigenvalue weighted by Gasteiger charge is 2.27. The van der Waals surface area contributed by atoms with E-state index >= 15 is 0 Å². The van der Waals surface area contributed by atoms with Crippen LogP contribution >= 0.6 is 0 Å². The number of amides is 2. The molecule has 0 atom stereocenters. The van der Waals surface area contributed by atoms with Crippen molar-refractivity contribution in [1.82, 2.24) is 16.2 Å². The van der Waals surface area contributed by atoms with Crippen LogP contribution in [0.2, 0.25) is 0 Å². The zero-order valence-electron chi connectivity index (χ0n) is 7.82. The maximum Gasteiger partial charge on any atom is 0.259 e. The van der Waals surface area contributed by atoms with Crippen molar-refractivity contribution in [1.29, 1.82) is 0 Å². The number of rotatable bonds is 3. The number of nitrogens with one attached hydrogen (secondary N) is 3. The van der Waals surface area contributed by atoms with Gasteiger partial charge in [-0.3, -0.25) is 15.0 Å². The molecule has 0 heterocycles. The highest BCUT2D eigenvalue weighted by Crippen LogP contribution is 2.00. The third kappa shape index (κ3) is 3.34. The quantitative estimate of drug-likeness (QED) is 0.487. The molecule has 0 radical (unpaired) electrons. The van der Waals surface area contributed by atoms with Crippen molar-refractivity contribution in [3.05, 3.63) is 0 Å². The van der Waals surface area contributed by atoms with Gasteiger partial charge in [-0.1, -0.05) is 0 Å². The van der Waals surface area contributed by atoms with Gasteiger partial charge in [0.1, 0.15) is 5.54 Å². The maximum atomic E-state index is 11.2. The lowest BCUT2D eigenvalue weighted by Gasteiger charge is -2.23. The Balaban J connectivity index is 4.18. The average molecular weight is 173 g/mol. The third-order valence-electron chi connectivity index (χ3n) is 1.29. The van der Waals surface area contributed by atoms with E-state index < -0.39 is 5.54 Å². The fourth-order valence-electron chi connectivity index (χ4n) is 0.767. The first-order chi connectivity index (χ1) is 5.40. The summed E-state index contributed by atoms with van der Waals surface area (Å²) in [6.07, 6.45) is 0. The van der Waals surface area contributed by atoms with Crippen molar-refractivity contribution in [3.63, 3.8) is 0 Å². The van der Waals surface area contributed by atoms with Crippen LogP contribution in [-0.4, -0.2) is 24.4 Å². The Bertz CT molecular complexity index is 189. The molecule has 3 N–H and O–H groups in total. The van der Waals surface area contributed by atoms with E-state index in [0.29, 0.717) is 0 Å². The van der Waals surface area contributed by atoms with E-state index in [1.165, 1.54) is 6.92 Å². The first kappa shape index (κ1) is 10.9. The summed E-state index contributed by atoms with van der Waals surface area (Å²) in [6.45, 7) is 4.62. The van der Waals surface area contributed by atoms with Gasteiger partial charge in [-0.2, -0.15) is 0 Å². The standard InChI is InChI=1S/C7H15N3O2/c1-5(11)9-7(2,3)6(12)10-8-4/h8H,1-4H3,(H,9,11)(H,10,12). The highest BCUT2D eigenvalue weighted by atomic mass is 16.2. The maximum absolute atomic E-state index is 11.2.